The third-order valence-electron chi connectivity index (χ3n) is 3.84. The summed E-state index contributed by atoms with van der Waals surface area (Å²) >= 11 is 6.19. The molecule has 0 saturated carbocycles. The van der Waals surface area contributed by atoms with Gasteiger partial charge >= 0.3 is 0 Å². The van der Waals surface area contributed by atoms with Crippen molar-refractivity contribution >= 4 is 17.5 Å². The van der Waals surface area contributed by atoms with Gasteiger partial charge < -0.3 is 14.6 Å². The summed E-state index contributed by atoms with van der Waals surface area (Å²) in [7, 11) is 1.99. The highest BCUT2D eigenvalue weighted by molar-refractivity contribution is 6.31. The van der Waals surface area contributed by atoms with E-state index in [0.29, 0.717) is 13.2 Å². The molecular formula is C19H20ClN3O. The number of hydrogen-bond acceptors (Lipinski definition) is 3. The molecule has 0 saturated heterocycles. The van der Waals surface area contributed by atoms with Crippen LogP contribution in [0.4, 0.5) is 5.95 Å². The number of benzene rings is 2. The Kier molecular flexibility index (Phi) is 5.06. The normalized spacial score (nSPS) is 10.6. The predicted octanol–water partition coefficient (Wildman–Crippen LogP) is 4.75. The molecule has 0 unspecified atom stereocenters. The fourth-order valence-electron chi connectivity index (χ4n) is 2.55. The number of anilines is 1. The number of halogens is 1. The Labute approximate surface area is 147 Å². The van der Waals surface area contributed by atoms with E-state index in [4.69, 9.17) is 16.3 Å². The first-order chi connectivity index (χ1) is 11.7. The molecular weight excluding hydrogens is 322 g/mol. The molecule has 3 rings (SSSR count). The molecule has 0 amide bonds. The molecule has 0 bridgehead atoms. The second kappa shape index (κ2) is 7.41. The van der Waals surface area contributed by atoms with Gasteiger partial charge in [-0.25, -0.2) is 4.98 Å². The Morgan fingerprint density at radius 1 is 1.12 bits per heavy atom. The summed E-state index contributed by atoms with van der Waals surface area (Å²) in [6, 6.07) is 15.8. The zero-order valence-electron chi connectivity index (χ0n) is 13.8. The lowest BCUT2D eigenvalue weighted by Gasteiger charge is -2.10. The van der Waals surface area contributed by atoms with Crippen LogP contribution in [0.2, 0.25) is 5.02 Å². The van der Waals surface area contributed by atoms with Gasteiger partial charge in [-0.15, -0.1) is 0 Å². The van der Waals surface area contributed by atoms with E-state index in [2.05, 4.69) is 10.3 Å². The quantitative estimate of drug-likeness (QED) is 0.703. The minimum atomic E-state index is 0.632. The Balaban J connectivity index is 1.75. The van der Waals surface area contributed by atoms with E-state index in [1.807, 2.05) is 73.3 Å². The fourth-order valence-corrected chi connectivity index (χ4v) is 2.75. The lowest BCUT2D eigenvalue weighted by molar-refractivity contribution is 0.340. The van der Waals surface area contributed by atoms with Gasteiger partial charge in [0.25, 0.3) is 0 Å². The van der Waals surface area contributed by atoms with Crippen LogP contribution in [-0.2, 0) is 13.6 Å². The topological polar surface area (TPSA) is 39.1 Å². The zero-order chi connectivity index (χ0) is 16.9. The second-order valence-corrected chi connectivity index (χ2v) is 5.84. The van der Waals surface area contributed by atoms with Gasteiger partial charge in [0, 0.05) is 24.2 Å². The van der Waals surface area contributed by atoms with E-state index in [1.54, 1.807) is 0 Å². The van der Waals surface area contributed by atoms with Gasteiger partial charge in [0.05, 0.1) is 18.5 Å². The lowest BCUT2D eigenvalue weighted by atomic mass is 10.1. The predicted molar refractivity (Wildman–Crippen MR) is 98.6 cm³/mol. The van der Waals surface area contributed by atoms with Crippen LogP contribution < -0.4 is 10.1 Å². The van der Waals surface area contributed by atoms with Gasteiger partial charge in [-0.05, 0) is 42.8 Å². The van der Waals surface area contributed by atoms with E-state index in [1.165, 1.54) is 0 Å². The highest BCUT2D eigenvalue weighted by Gasteiger charge is 2.09. The molecule has 0 fully saturated rings. The summed E-state index contributed by atoms with van der Waals surface area (Å²) in [6.07, 6.45) is 1.87. The van der Waals surface area contributed by atoms with Gasteiger partial charge in [-0.3, -0.25) is 0 Å². The first-order valence-electron chi connectivity index (χ1n) is 7.91. The van der Waals surface area contributed by atoms with Crippen LogP contribution in [-0.4, -0.2) is 16.2 Å². The van der Waals surface area contributed by atoms with Gasteiger partial charge in [0.2, 0.25) is 5.95 Å². The van der Waals surface area contributed by atoms with Gasteiger partial charge in [-0.2, -0.15) is 0 Å². The molecule has 0 aliphatic heterocycles. The maximum absolute atomic E-state index is 6.19. The largest absolute Gasteiger partial charge is 0.494 e. The molecule has 3 aromatic rings. The fraction of sp³-hybridized carbons (Fsp3) is 0.211. The molecule has 1 heterocycles. The third kappa shape index (κ3) is 3.54. The Hall–Kier alpha value is -2.46. The van der Waals surface area contributed by atoms with Crippen molar-refractivity contribution in [3.8, 4) is 17.0 Å². The minimum Gasteiger partial charge on any atom is -0.494 e. The monoisotopic (exact) mass is 341 g/mol. The van der Waals surface area contributed by atoms with Crippen LogP contribution in [0.15, 0.2) is 54.7 Å². The first-order valence-corrected chi connectivity index (χ1v) is 8.29. The van der Waals surface area contributed by atoms with Gasteiger partial charge in [0.1, 0.15) is 5.75 Å². The van der Waals surface area contributed by atoms with E-state index in [9.17, 15) is 0 Å². The maximum atomic E-state index is 6.19. The van der Waals surface area contributed by atoms with Gasteiger partial charge in [0.15, 0.2) is 0 Å². The number of imidazole rings is 1. The Morgan fingerprint density at radius 2 is 1.88 bits per heavy atom. The molecule has 0 aliphatic rings. The second-order valence-electron chi connectivity index (χ2n) is 5.43. The van der Waals surface area contributed by atoms with Crippen molar-refractivity contribution in [2.24, 2.45) is 7.05 Å². The summed E-state index contributed by atoms with van der Waals surface area (Å²) in [5.41, 5.74) is 3.18. The summed E-state index contributed by atoms with van der Waals surface area (Å²) < 4.78 is 7.52. The van der Waals surface area contributed by atoms with Crippen molar-refractivity contribution in [1.29, 1.82) is 0 Å². The van der Waals surface area contributed by atoms with Crippen LogP contribution in [0.25, 0.3) is 11.3 Å². The van der Waals surface area contributed by atoms with Crippen LogP contribution in [0.5, 0.6) is 5.75 Å². The average molecular weight is 342 g/mol. The summed E-state index contributed by atoms with van der Waals surface area (Å²) in [4.78, 5) is 4.47. The van der Waals surface area contributed by atoms with Crippen LogP contribution in [0, 0.1) is 0 Å². The third-order valence-corrected chi connectivity index (χ3v) is 4.21. The Bertz CT molecular complexity index is 812. The molecule has 4 nitrogen and oxygen atoms in total. The number of ether oxygens (including phenoxy) is 1. The molecule has 1 aromatic heterocycles. The van der Waals surface area contributed by atoms with E-state index in [-0.39, 0.29) is 0 Å². The van der Waals surface area contributed by atoms with Crippen molar-refractivity contribution in [1.82, 2.24) is 9.55 Å². The van der Waals surface area contributed by atoms with E-state index >= 15 is 0 Å². The molecule has 5 heteroatoms. The van der Waals surface area contributed by atoms with Crippen molar-refractivity contribution in [2.45, 2.75) is 13.5 Å². The van der Waals surface area contributed by atoms with E-state index in [0.717, 1.165) is 33.5 Å². The van der Waals surface area contributed by atoms with Crippen molar-refractivity contribution in [3.05, 3.63) is 65.3 Å². The molecule has 24 heavy (non-hydrogen) atoms. The molecule has 0 spiro atoms. The van der Waals surface area contributed by atoms with Crippen LogP contribution in [0.1, 0.15) is 12.5 Å². The first kappa shape index (κ1) is 16.4. The number of nitrogens with one attached hydrogen (secondary N) is 1. The number of nitrogens with zero attached hydrogens (tertiary/aromatic N) is 2. The summed E-state index contributed by atoms with van der Waals surface area (Å²) in [6.45, 7) is 3.28. The van der Waals surface area contributed by atoms with E-state index < -0.39 is 0 Å². The van der Waals surface area contributed by atoms with Crippen molar-refractivity contribution in [2.75, 3.05) is 11.9 Å². The number of rotatable bonds is 6. The van der Waals surface area contributed by atoms with Crippen LogP contribution >= 0.6 is 11.6 Å². The van der Waals surface area contributed by atoms with Crippen molar-refractivity contribution in [3.63, 3.8) is 0 Å². The Morgan fingerprint density at radius 3 is 2.58 bits per heavy atom. The molecule has 2 aromatic carbocycles. The van der Waals surface area contributed by atoms with Crippen molar-refractivity contribution < 1.29 is 4.74 Å². The molecule has 124 valence electrons. The summed E-state index contributed by atoms with van der Waals surface area (Å²) in [5.74, 6) is 1.68. The minimum absolute atomic E-state index is 0.632. The highest BCUT2D eigenvalue weighted by Crippen LogP contribution is 2.25. The number of hydrogen-bond donors (Lipinski definition) is 1. The summed E-state index contributed by atoms with van der Waals surface area (Å²) in [5, 5.41) is 4.09. The zero-order valence-corrected chi connectivity index (χ0v) is 14.5. The smallest absolute Gasteiger partial charge is 0.203 e. The molecule has 1 N–H and O–H groups in total. The molecule has 0 radical (unpaired) electrons. The van der Waals surface area contributed by atoms with Gasteiger partial charge in [-0.1, -0.05) is 29.8 Å². The maximum Gasteiger partial charge on any atom is 0.203 e. The lowest BCUT2D eigenvalue weighted by Crippen LogP contribution is -2.06. The number of aromatic nitrogens is 2. The highest BCUT2D eigenvalue weighted by atomic mass is 35.5. The average Bonchev–Trinajstić information content (AvgIpc) is 2.96. The van der Waals surface area contributed by atoms with Crippen LogP contribution in [0.3, 0.4) is 0 Å². The molecule has 0 atom stereocenters. The molecule has 0 aliphatic carbocycles. The standard InChI is InChI=1S/C19H20ClN3O/c1-3-24-16-10-8-14(9-11-16)18-13-22-19(23(18)2)21-12-15-6-4-5-7-17(15)20/h4-11,13H,3,12H2,1-2H3,(H,21,22). The SMILES string of the molecule is CCOc1ccc(-c2cnc(NCc3ccccc3Cl)n2C)cc1.